The lowest BCUT2D eigenvalue weighted by molar-refractivity contribution is 0.0481. The zero-order valence-corrected chi connectivity index (χ0v) is 11.6. The van der Waals surface area contributed by atoms with Crippen molar-refractivity contribution >= 4 is 5.69 Å². The molecule has 0 aromatic heterocycles. The highest BCUT2D eigenvalue weighted by molar-refractivity contribution is 5.55. The van der Waals surface area contributed by atoms with Gasteiger partial charge in [-0.1, -0.05) is 0 Å². The van der Waals surface area contributed by atoms with Gasteiger partial charge in [-0.2, -0.15) is 0 Å². The van der Waals surface area contributed by atoms with Crippen molar-refractivity contribution in [3.63, 3.8) is 0 Å². The van der Waals surface area contributed by atoms with Gasteiger partial charge in [-0.25, -0.2) is 4.39 Å². The lowest BCUT2D eigenvalue weighted by atomic mass is 9.98. The average molecular weight is 267 g/mol. The van der Waals surface area contributed by atoms with Crippen LogP contribution in [-0.4, -0.2) is 28.9 Å². The maximum absolute atomic E-state index is 13.3. The second kappa shape index (κ2) is 5.47. The summed E-state index contributed by atoms with van der Waals surface area (Å²) in [6, 6.07) is 4.53. The highest BCUT2D eigenvalue weighted by atomic mass is 19.1. The quantitative estimate of drug-likeness (QED) is 0.865. The topological polar surface area (TPSA) is 43.7 Å². The molecular formula is C15H22FNO2. The highest BCUT2D eigenvalue weighted by Gasteiger charge is 2.26. The van der Waals surface area contributed by atoms with Gasteiger partial charge in [0.25, 0.3) is 0 Å². The second-order valence-corrected chi connectivity index (χ2v) is 5.72. The van der Waals surface area contributed by atoms with Gasteiger partial charge in [-0.15, -0.1) is 0 Å². The maximum Gasteiger partial charge on any atom is 0.123 e. The molecule has 1 heterocycles. The predicted molar refractivity (Wildman–Crippen MR) is 73.7 cm³/mol. The number of hydrogen-bond donors (Lipinski definition) is 2. The van der Waals surface area contributed by atoms with Crippen molar-refractivity contribution in [2.24, 2.45) is 0 Å². The van der Waals surface area contributed by atoms with E-state index in [2.05, 4.69) is 4.90 Å². The fourth-order valence-electron chi connectivity index (χ4n) is 2.65. The third-order valence-electron chi connectivity index (χ3n) is 3.84. The Bertz CT molecular complexity index is 446. The van der Waals surface area contributed by atoms with Crippen LogP contribution in [0.4, 0.5) is 10.1 Å². The predicted octanol–water partition coefficient (Wildman–Crippen LogP) is 2.62. The van der Waals surface area contributed by atoms with Gasteiger partial charge in [-0.05, 0) is 51.3 Å². The van der Waals surface area contributed by atoms with Gasteiger partial charge in [0.2, 0.25) is 0 Å². The Kier molecular flexibility index (Phi) is 4.11. The number of benzene rings is 1. The Morgan fingerprint density at radius 2 is 2.05 bits per heavy atom. The number of hydrogen-bond acceptors (Lipinski definition) is 3. The monoisotopic (exact) mass is 267 g/mol. The largest absolute Gasteiger partial charge is 0.390 e. The van der Waals surface area contributed by atoms with Crippen molar-refractivity contribution in [3.05, 3.63) is 29.6 Å². The van der Waals surface area contributed by atoms with Gasteiger partial charge in [0, 0.05) is 24.3 Å². The van der Waals surface area contributed by atoms with Crippen molar-refractivity contribution in [1.82, 2.24) is 0 Å². The fraction of sp³-hybridized carbons (Fsp3) is 0.600. The van der Waals surface area contributed by atoms with E-state index in [4.69, 9.17) is 0 Å². The molecule has 2 rings (SSSR count). The molecule has 4 heteroatoms. The Morgan fingerprint density at radius 3 is 2.74 bits per heavy atom. The van der Waals surface area contributed by atoms with E-state index < -0.39 is 11.7 Å². The first-order valence-corrected chi connectivity index (χ1v) is 6.84. The van der Waals surface area contributed by atoms with Crippen molar-refractivity contribution in [3.8, 4) is 0 Å². The Labute approximate surface area is 113 Å². The first-order chi connectivity index (χ1) is 8.89. The van der Waals surface area contributed by atoms with Gasteiger partial charge >= 0.3 is 0 Å². The normalized spacial score (nSPS) is 26.1. The molecule has 0 amide bonds. The molecule has 2 atom stereocenters. The number of halogens is 1. The maximum atomic E-state index is 13.3. The number of anilines is 1. The van der Waals surface area contributed by atoms with E-state index in [0.29, 0.717) is 12.0 Å². The number of nitrogens with zero attached hydrogens (tertiary/aromatic N) is 1. The summed E-state index contributed by atoms with van der Waals surface area (Å²) in [5, 5.41) is 19.9. The van der Waals surface area contributed by atoms with Crippen molar-refractivity contribution in [1.29, 1.82) is 0 Å². The first kappa shape index (κ1) is 14.3. The summed E-state index contributed by atoms with van der Waals surface area (Å²) in [6.45, 7) is 5.04. The highest BCUT2D eigenvalue weighted by Crippen LogP contribution is 2.31. The van der Waals surface area contributed by atoms with Crippen LogP contribution in [0.2, 0.25) is 0 Å². The molecule has 1 aromatic rings. The molecule has 1 fully saturated rings. The molecule has 3 nitrogen and oxygen atoms in total. The lowest BCUT2D eigenvalue weighted by Crippen LogP contribution is -2.29. The Hall–Kier alpha value is -1.13. The van der Waals surface area contributed by atoms with Crippen LogP contribution >= 0.6 is 0 Å². The van der Waals surface area contributed by atoms with E-state index in [1.54, 1.807) is 13.0 Å². The molecular weight excluding hydrogens is 245 g/mol. The van der Waals surface area contributed by atoms with E-state index in [1.165, 1.54) is 12.1 Å². The summed E-state index contributed by atoms with van der Waals surface area (Å²) < 4.78 is 13.3. The van der Waals surface area contributed by atoms with Crippen LogP contribution in [-0.2, 0) is 0 Å². The molecule has 0 aliphatic carbocycles. The summed E-state index contributed by atoms with van der Waals surface area (Å²) >= 11 is 0. The van der Waals surface area contributed by atoms with Gasteiger partial charge in [0.05, 0.1) is 11.7 Å². The van der Waals surface area contributed by atoms with Crippen LogP contribution in [0.5, 0.6) is 0 Å². The molecule has 1 aliphatic heterocycles. The van der Waals surface area contributed by atoms with Crippen molar-refractivity contribution in [2.75, 3.05) is 18.0 Å². The summed E-state index contributed by atoms with van der Waals surface area (Å²) in [5.74, 6) is -0.332. The first-order valence-electron chi connectivity index (χ1n) is 6.84. The van der Waals surface area contributed by atoms with E-state index in [0.717, 1.165) is 31.6 Å². The van der Waals surface area contributed by atoms with Crippen LogP contribution in [0.1, 0.15) is 44.8 Å². The molecule has 1 aromatic carbocycles. The second-order valence-electron chi connectivity index (χ2n) is 5.72. The molecule has 1 unspecified atom stereocenters. The zero-order valence-electron chi connectivity index (χ0n) is 11.6. The SMILES string of the molecule is C[C@H](O)c1cc(F)ccc1N1CCCC(C)(O)CC1. The van der Waals surface area contributed by atoms with Crippen LogP contribution < -0.4 is 4.90 Å². The Morgan fingerprint density at radius 1 is 1.32 bits per heavy atom. The van der Waals surface area contributed by atoms with Crippen LogP contribution in [0.25, 0.3) is 0 Å². The lowest BCUT2D eigenvalue weighted by Gasteiger charge is -2.27. The zero-order chi connectivity index (χ0) is 14.0. The Balaban J connectivity index is 2.26. The smallest absolute Gasteiger partial charge is 0.123 e. The van der Waals surface area contributed by atoms with Crippen LogP contribution in [0.3, 0.4) is 0 Å². The minimum atomic E-state index is -0.700. The fourth-order valence-corrected chi connectivity index (χ4v) is 2.65. The molecule has 2 N–H and O–H groups in total. The summed E-state index contributed by atoms with van der Waals surface area (Å²) in [5.41, 5.74) is 0.857. The third kappa shape index (κ3) is 3.45. The molecule has 1 saturated heterocycles. The molecule has 0 spiro atoms. The van der Waals surface area contributed by atoms with Crippen molar-refractivity contribution < 1.29 is 14.6 Å². The van der Waals surface area contributed by atoms with E-state index in [9.17, 15) is 14.6 Å². The minimum Gasteiger partial charge on any atom is -0.390 e. The molecule has 1 aliphatic rings. The van der Waals surface area contributed by atoms with Gasteiger partial charge < -0.3 is 15.1 Å². The summed E-state index contributed by atoms with van der Waals surface area (Å²) in [6.07, 6.45) is 1.65. The standard InChI is InChI=1S/C15H22FNO2/c1-11(18)13-10-12(16)4-5-14(13)17-8-3-6-15(2,19)7-9-17/h4-5,10-11,18-19H,3,6-9H2,1-2H3/t11-,15?/m0/s1. The summed E-state index contributed by atoms with van der Waals surface area (Å²) in [4.78, 5) is 2.13. The minimum absolute atomic E-state index is 0.332. The molecule has 0 radical (unpaired) electrons. The number of aliphatic hydroxyl groups is 2. The number of aliphatic hydroxyl groups excluding tert-OH is 1. The average Bonchev–Trinajstić information content (AvgIpc) is 2.50. The van der Waals surface area contributed by atoms with Crippen LogP contribution in [0.15, 0.2) is 18.2 Å². The molecule has 106 valence electrons. The van der Waals surface area contributed by atoms with Crippen molar-refractivity contribution in [2.45, 2.75) is 44.8 Å². The number of rotatable bonds is 2. The van der Waals surface area contributed by atoms with E-state index in [1.807, 2.05) is 6.92 Å². The van der Waals surface area contributed by atoms with E-state index in [-0.39, 0.29) is 5.82 Å². The molecule has 0 saturated carbocycles. The van der Waals surface area contributed by atoms with Gasteiger partial charge in [-0.3, -0.25) is 0 Å². The van der Waals surface area contributed by atoms with Gasteiger partial charge in [0.15, 0.2) is 0 Å². The summed E-state index contributed by atoms with van der Waals surface area (Å²) in [7, 11) is 0. The molecule has 0 bridgehead atoms. The van der Waals surface area contributed by atoms with Gasteiger partial charge in [0.1, 0.15) is 5.82 Å². The van der Waals surface area contributed by atoms with E-state index >= 15 is 0 Å². The third-order valence-corrected chi connectivity index (χ3v) is 3.84. The van der Waals surface area contributed by atoms with Crippen LogP contribution in [0, 0.1) is 5.82 Å². The molecule has 19 heavy (non-hydrogen) atoms.